The van der Waals surface area contributed by atoms with Crippen molar-refractivity contribution in [3.8, 4) is 0 Å². The zero-order valence-electron chi connectivity index (χ0n) is 14.9. The summed E-state index contributed by atoms with van der Waals surface area (Å²) in [4.78, 5) is 25.5. The van der Waals surface area contributed by atoms with E-state index in [4.69, 9.17) is 12.2 Å². The second-order valence-electron chi connectivity index (χ2n) is 6.12. The van der Waals surface area contributed by atoms with Gasteiger partial charge in [-0.1, -0.05) is 65.9 Å². The molecule has 2 aromatic rings. The summed E-state index contributed by atoms with van der Waals surface area (Å²) in [6, 6.07) is 17.0. The number of hydrogen-bond acceptors (Lipinski definition) is 4. The number of carbonyl (C=O) groups is 2. The van der Waals surface area contributed by atoms with Crippen LogP contribution in [-0.4, -0.2) is 21.1 Å². The average Bonchev–Trinajstić information content (AvgIpc) is 2.90. The van der Waals surface area contributed by atoms with Gasteiger partial charge in [0.2, 0.25) is 0 Å². The van der Waals surface area contributed by atoms with Gasteiger partial charge in [0.15, 0.2) is 4.32 Å². The summed E-state index contributed by atoms with van der Waals surface area (Å²) in [5, 5.41) is 1.13. The third kappa shape index (κ3) is 4.72. The molecule has 4 nitrogen and oxygen atoms in total. The molecule has 0 aliphatic carbocycles. The van der Waals surface area contributed by atoms with E-state index in [-0.39, 0.29) is 11.8 Å². The maximum atomic E-state index is 12.6. The van der Waals surface area contributed by atoms with Crippen molar-refractivity contribution in [2.24, 2.45) is 0 Å². The molecule has 0 atom stereocenters. The molecule has 0 spiro atoms. The van der Waals surface area contributed by atoms with Crippen LogP contribution in [0.15, 0.2) is 71.2 Å². The van der Waals surface area contributed by atoms with Gasteiger partial charge in [-0.3, -0.25) is 15.0 Å². The van der Waals surface area contributed by atoms with Crippen molar-refractivity contribution in [3.63, 3.8) is 0 Å². The van der Waals surface area contributed by atoms with Gasteiger partial charge in [-0.15, -0.1) is 0 Å². The molecule has 1 aliphatic heterocycles. The molecule has 2 amide bonds. The molecular weight excluding hydrogens is 376 g/mol. The maximum absolute atomic E-state index is 12.6. The Bertz CT molecular complexity index is 948. The van der Waals surface area contributed by atoms with Gasteiger partial charge in [-0.25, -0.2) is 0 Å². The fourth-order valence-electron chi connectivity index (χ4n) is 2.50. The molecule has 0 radical (unpaired) electrons. The molecule has 0 bridgehead atoms. The molecule has 3 rings (SSSR count). The molecule has 1 saturated heterocycles. The van der Waals surface area contributed by atoms with E-state index < -0.39 is 0 Å². The van der Waals surface area contributed by atoms with Crippen LogP contribution in [0.5, 0.6) is 0 Å². The van der Waals surface area contributed by atoms with Gasteiger partial charge >= 0.3 is 0 Å². The van der Waals surface area contributed by atoms with Crippen molar-refractivity contribution < 1.29 is 9.59 Å². The number of thioether (sulfide) groups is 1. The first kappa shape index (κ1) is 19.1. The fraction of sp³-hybridized carbons (Fsp3) is 0.0952. The Balaban J connectivity index is 1.73. The van der Waals surface area contributed by atoms with Crippen LogP contribution in [0.4, 0.5) is 0 Å². The molecule has 2 aromatic carbocycles. The first-order chi connectivity index (χ1) is 12.9. The van der Waals surface area contributed by atoms with Crippen molar-refractivity contribution in [2.75, 3.05) is 0 Å². The van der Waals surface area contributed by atoms with Gasteiger partial charge in [0.05, 0.1) is 4.91 Å². The number of amides is 2. The third-order valence-electron chi connectivity index (χ3n) is 3.87. The van der Waals surface area contributed by atoms with Gasteiger partial charge in [0, 0.05) is 5.56 Å². The standard InChI is InChI=1S/C21H18N2O2S2/c1-14-8-10-17(11-9-14)19(24)22-23-20(25)18(27-21(23)26)13-15(2)12-16-6-4-3-5-7-16/h3-13H,1-2H3,(H,22,24). The zero-order valence-corrected chi connectivity index (χ0v) is 16.6. The Morgan fingerprint density at radius 1 is 1.11 bits per heavy atom. The van der Waals surface area contributed by atoms with Crippen LogP contribution in [0.2, 0.25) is 0 Å². The van der Waals surface area contributed by atoms with Crippen molar-refractivity contribution in [3.05, 3.63) is 87.8 Å². The van der Waals surface area contributed by atoms with Crippen molar-refractivity contribution in [1.82, 2.24) is 10.4 Å². The minimum atomic E-state index is -0.371. The minimum Gasteiger partial charge on any atom is -0.267 e. The van der Waals surface area contributed by atoms with Crippen molar-refractivity contribution in [1.29, 1.82) is 0 Å². The number of hydrogen-bond donors (Lipinski definition) is 1. The largest absolute Gasteiger partial charge is 0.285 e. The van der Waals surface area contributed by atoms with Crippen LogP contribution in [0.3, 0.4) is 0 Å². The smallest absolute Gasteiger partial charge is 0.267 e. The monoisotopic (exact) mass is 394 g/mol. The number of allylic oxidation sites excluding steroid dienone is 2. The zero-order chi connectivity index (χ0) is 19.4. The second-order valence-corrected chi connectivity index (χ2v) is 7.80. The summed E-state index contributed by atoms with van der Waals surface area (Å²) >= 11 is 6.43. The first-order valence-corrected chi connectivity index (χ1v) is 9.55. The summed E-state index contributed by atoms with van der Waals surface area (Å²) in [5.74, 6) is -0.699. The summed E-state index contributed by atoms with van der Waals surface area (Å²) in [5.41, 5.74) is 6.09. The summed E-state index contributed by atoms with van der Waals surface area (Å²) in [7, 11) is 0. The molecule has 0 saturated carbocycles. The first-order valence-electron chi connectivity index (χ1n) is 8.33. The number of thiocarbonyl (C=S) groups is 1. The van der Waals surface area contributed by atoms with E-state index in [2.05, 4.69) is 5.43 Å². The van der Waals surface area contributed by atoms with E-state index in [1.807, 2.05) is 62.4 Å². The van der Waals surface area contributed by atoms with E-state index in [9.17, 15) is 9.59 Å². The Morgan fingerprint density at radius 3 is 2.44 bits per heavy atom. The number of nitrogens with zero attached hydrogens (tertiary/aromatic N) is 1. The molecule has 6 heteroatoms. The highest BCUT2D eigenvalue weighted by Crippen LogP contribution is 2.31. The molecule has 1 N–H and O–H groups in total. The lowest BCUT2D eigenvalue weighted by atomic mass is 10.1. The highest BCUT2D eigenvalue weighted by Gasteiger charge is 2.33. The highest BCUT2D eigenvalue weighted by atomic mass is 32.2. The number of benzene rings is 2. The summed E-state index contributed by atoms with van der Waals surface area (Å²) in [6.07, 6.45) is 3.77. The van der Waals surface area contributed by atoms with Crippen LogP contribution in [0.1, 0.15) is 28.4 Å². The Morgan fingerprint density at radius 2 is 1.78 bits per heavy atom. The number of aryl methyl sites for hydroxylation is 1. The lowest BCUT2D eigenvalue weighted by molar-refractivity contribution is -0.123. The van der Waals surface area contributed by atoms with Crippen LogP contribution >= 0.6 is 24.0 Å². The van der Waals surface area contributed by atoms with Gasteiger partial charge in [-0.05, 0) is 55.4 Å². The SMILES string of the molecule is CC(=Cc1ccccc1)C=C1SC(=S)N(NC(=O)c2ccc(C)cc2)C1=O. The maximum Gasteiger partial charge on any atom is 0.285 e. The van der Waals surface area contributed by atoms with Gasteiger partial charge in [0.1, 0.15) is 0 Å². The second kappa shape index (κ2) is 8.33. The molecule has 0 unspecified atom stereocenters. The van der Waals surface area contributed by atoms with E-state index in [0.29, 0.717) is 14.8 Å². The highest BCUT2D eigenvalue weighted by molar-refractivity contribution is 8.26. The lowest BCUT2D eigenvalue weighted by Crippen LogP contribution is -2.44. The normalized spacial score (nSPS) is 16.1. The Labute approximate surface area is 167 Å². The quantitative estimate of drug-likeness (QED) is 0.613. The molecule has 1 fully saturated rings. The molecule has 1 heterocycles. The predicted molar refractivity (Wildman–Crippen MR) is 114 cm³/mol. The molecule has 0 aromatic heterocycles. The van der Waals surface area contributed by atoms with Crippen LogP contribution in [0, 0.1) is 6.92 Å². The summed E-state index contributed by atoms with van der Waals surface area (Å²) in [6.45, 7) is 3.87. The molecule has 1 aliphatic rings. The topological polar surface area (TPSA) is 49.4 Å². The lowest BCUT2D eigenvalue weighted by Gasteiger charge is -2.15. The van der Waals surface area contributed by atoms with Crippen LogP contribution < -0.4 is 5.43 Å². The number of nitrogens with one attached hydrogen (secondary N) is 1. The molecule has 136 valence electrons. The molecule has 27 heavy (non-hydrogen) atoms. The number of rotatable bonds is 4. The molecular formula is C21H18N2O2S2. The summed E-state index contributed by atoms with van der Waals surface area (Å²) < 4.78 is 0.305. The third-order valence-corrected chi connectivity index (χ3v) is 5.18. The fourth-order valence-corrected chi connectivity index (χ4v) is 3.72. The van der Waals surface area contributed by atoms with Gasteiger partial charge in [-0.2, -0.15) is 5.01 Å². The van der Waals surface area contributed by atoms with Crippen molar-refractivity contribution >= 4 is 46.2 Å². The van der Waals surface area contributed by atoms with Crippen LogP contribution in [0.25, 0.3) is 6.08 Å². The van der Waals surface area contributed by atoms with E-state index in [1.54, 1.807) is 18.2 Å². The van der Waals surface area contributed by atoms with Crippen LogP contribution in [-0.2, 0) is 4.79 Å². The van der Waals surface area contributed by atoms with Gasteiger partial charge in [0.25, 0.3) is 11.8 Å². The van der Waals surface area contributed by atoms with E-state index >= 15 is 0 Å². The van der Waals surface area contributed by atoms with E-state index in [0.717, 1.165) is 21.7 Å². The van der Waals surface area contributed by atoms with Gasteiger partial charge < -0.3 is 0 Å². The Kier molecular flexibility index (Phi) is 5.88. The number of carbonyl (C=O) groups excluding carboxylic acids is 2. The Hall–Kier alpha value is -2.70. The average molecular weight is 395 g/mol. The minimum absolute atomic E-state index is 0.305. The number of hydrazine groups is 1. The van der Waals surface area contributed by atoms with Crippen molar-refractivity contribution in [2.45, 2.75) is 13.8 Å². The predicted octanol–water partition coefficient (Wildman–Crippen LogP) is 4.49. The van der Waals surface area contributed by atoms with E-state index in [1.165, 1.54) is 11.8 Å².